The summed E-state index contributed by atoms with van der Waals surface area (Å²) in [6.45, 7) is 2.62. The molecule has 37 heavy (non-hydrogen) atoms. The number of hydrogen-bond donors (Lipinski definition) is 1. The number of anilines is 1. The third-order valence-electron chi connectivity index (χ3n) is 6.33. The molecule has 4 heterocycles. The van der Waals surface area contributed by atoms with Crippen molar-refractivity contribution in [2.75, 3.05) is 37.7 Å². The molecular weight excluding hydrogens is 518 g/mol. The molecule has 2 aromatic heterocycles. The molecule has 2 fully saturated rings. The van der Waals surface area contributed by atoms with Gasteiger partial charge in [-0.05, 0) is 49.2 Å². The van der Waals surface area contributed by atoms with Crippen LogP contribution in [0.1, 0.15) is 47.3 Å². The predicted molar refractivity (Wildman–Crippen MR) is 137 cm³/mol. The third-order valence-corrected chi connectivity index (χ3v) is 7.56. The van der Waals surface area contributed by atoms with E-state index in [0.717, 1.165) is 29.9 Å². The van der Waals surface area contributed by atoms with Crippen LogP contribution in [0.4, 0.5) is 5.69 Å². The Morgan fingerprint density at radius 2 is 1.84 bits per heavy atom. The summed E-state index contributed by atoms with van der Waals surface area (Å²) in [7, 11) is 0. The van der Waals surface area contributed by atoms with Gasteiger partial charge < -0.3 is 24.3 Å². The minimum absolute atomic E-state index is 0.0392. The van der Waals surface area contributed by atoms with Gasteiger partial charge in [-0.15, -0.1) is 21.5 Å². The highest BCUT2D eigenvalue weighted by Crippen LogP contribution is 2.28. The maximum atomic E-state index is 13.0. The smallest absolute Gasteiger partial charge is 0.262 e. The number of morpholine rings is 1. The van der Waals surface area contributed by atoms with Crippen molar-refractivity contribution in [1.29, 1.82) is 0 Å². The summed E-state index contributed by atoms with van der Waals surface area (Å²) < 4.78 is 11.8. The van der Waals surface area contributed by atoms with Crippen LogP contribution in [0, 0.1) is 0 Å². The largest absolute Gasteiger partial charge is 0.418 e. The second-order valence-corrected chi connectivity index (χ2v) is 10.5. The van der Waals surface area contributed by atoms with Crippen LogP contribution in [0.25, 0.3) is 11.5 Å². The van der Waals surface area contributed by atoms with E-state index in [4.69, 9.17) is 20.8 Å². The highest BCUT2D eigenvalue weighted by Gasteiger charge is 2.28. The molecule has 1 unspecified atom stereocenters. The lowest BCUT2D eigenvalue weighted by Gasteiger charge is -2.28. The van der Waals surface area contributed by atoms with Crippen molar-refractivity contribution in [3.8, 4) is 11.5 Å². The van der Waals surface area contributed by atoms with E-state index in [1.807, 2.05) is 24.3 Å². The number of amides is 3. The summed E-state index contributed by atoms with van der Waals surface area (Å²) in [6.07, 6.45) is 2.42. The first-order valence-corrected chi connectivity index (χ1v) is 13.3. The van der Waals surface area contributed by atoms with Gasteiger partial charge in [-0.2, -0.15) is 0 Å². The lowest BCUT2D eigenvalue weighted by atomic mass is 10.1. The summed E-state index contributed by atoms with van der Waals surface area (Å²) in [4.78, 5) is 42.0. The lowest BCUT2D eigenvalue weighted by molar-refractivity contribution is -0.135. The number of aromatic nitrogens is 2. The van der Waals surface area contributed by atoms with E-state index in [1.165, 1.54) is 0 Å². The molecule has 0 saturated carbocycles. The first kappa shape index (κ1) is 25.4. The Hall–Kier alpha value is -3.28. The second-order valence-electron chi connectivity index (χ2n) is 8.82. The topological polar surface area (TPSA) is 118 Å². The van der Waals surface area contributed by atoms with E-state index >= 15 is 0 Å². The van der Waals surface area contributed by atoms with Crippen LogP contribution in [0.3, 0.4) is 0 Å². The maximum Gasteiger partial charge on any atom is 0.262 e. The number of benzene rings is 1. The number of halogens is 1. The first-order chi connectivity index (χ1) is 18.0. The summed E-state index contributed by atoms with van der Waals surface area (Å²) in [6, 6.07) is 9.77. The van der Waals surface area contributed by atoms with Gasteiger partial charge in [0.25, 0.3) is 5.91 Å². The van der Waals surface area contributed by atoms with E-state index in [9.17, 15) is 14.4 Å². The van der Waals surface area contributed by atoms with Gasteiger partial charge in [-0.1, -0.05) is 11.6 Å². The second kappa shape index (κ2) is 11.4. The fraction of sp³-hybridized carbons (Fsp3) is 0.400. The number of thiophene rings is 1. The van der Waals surface area contributed by atoms with Crippen molar-refractivity contribution in [3.05, 3.63) is 51.5 Å². The predicted octanol–water partition coefficient (Wildman–Crippen LogP) is 3.69. The van der Waals surface area contributed by atoms with Crippen LogP contribution in [0.2, 0.25) is 4.34 Å². The molecule has 1 N–H and O–H groups in total. The number of rotatable bonds is 7. The number of piperidine rings is 1. The highest BCUT2D eigenvalue weighted by molar-refractivity contribution is 7.18. The van der Waals surface area contributed by atoms with E-state index in [0.29, 0.717) is 54.0 Å². The number of carbonyl (C=O) groups excluding carboxylic acids is 3. The number of ether oxygens (including phenoxy) is 1. The fourth-order valence-corrected chi connectivity index (χ4v) is 5.28. The Labute approximate surface area is 222 Å². The number of carbonyl (C=O) groups is 3. The van der Waals surface area contributed by atoms with Crippen LogP contribution < -0.4 is 10.2 Å². The molecule has 0 bridgehead atoms. The monoisotopic (exact) mass is 543 g/mol. The average molecular weight is 544 g/mol. The quantitative estimate of drug-likeness (QED) is 0.483. The molecule has 2 aliphatic heterocycles. The summed E-state index contributed by atoms with van der Waals surface area (Å²) in [5, 5.41) is 11.2. The molecule has 5 rings (SSSR count). The molecule has 0 aliphatic carbocycles. The maximum absolute atomic E-state index is 13.0. The number of nitrogens with one attached hydrogen (secondary N) is 1. The molecule has 3 amide bonds. The molecule has 1 atom stereocenters. The van der Waals surface area contributed by atoms with Crippen molar-refractivity contribution in [3.63, 3.8) is 0 Å². The molecule has 10 nitrogen and oxygen atoms in total. The lowest BCUT2D eigenvalue weighted by Crippen LogP contribution is -2.42. The Bertz CT molecular complexity index is 1270. The number of nitrogens with zero attached hydrogens (tertiary/aromatic N) is 4. The molecular formula is C25H26ClN5O5S. The van der Waals surface area contributed by atoms with Crippen LogP contribution in [0.15, 0.2) is 40.8 Å². The molecule has 194 valence electrons. The molecule has 0 radical (unpaired) electrons. The normalized spacial score (nSPS) is 17.1. The molecule has 2 aliphatic rings. The van der Waals surface area contributed by atoms with E-state index in [-0.39, 0.29) is 35.9 Å². The van der Waals surface area contributed by atoms with Crippen LogP contribution in [-0.4, -0.2) is 65.7 Å². The minimum Gasteiger partial charge on any atom is -0.418 e. The molecule has 12 heteroatoms. The zero-order valence-corrected chi connectivity index (χ0v) is 21.6. The van der Waals surface area contributed by atoms with E-state index < -0.39 is 6.04 Å². The van der Waals surface area contributed by atoms with Crippen molar-refractivity contribution >= 4 is 46.3 Å². The standard InChI is InChI=1S/C25H26ClN5O5S/c26-20-9-8-19(37-20)23(34)27-18(15-22(33)30-11-13-35-14-12-30)25-29-28-24(36-25)16-4-6-17(7-5-16)31-10-2-1-3-21(31)32/h4-9,18H,1-3,10-15H2,(H,27,34). The zero-order valence-electron chi connectivity index (χ0n) is 20.0. The van der Waals surface area contributed by atoms with Crippen LogP contribution >= 0.6 is 22.9 Å². The average Bonchev–Trinajstić information content (AvgIpc) is 3.59. The van der Waals surface area contributed by atoms with Crippen LogP contribution in [-0.2, 0) is 14.3 Å². The summed E-state index contributed by atoms with van der Waals surface area (Å²) >= 11 is 7.13. The van der Waals surface area contributed by atoms with Crippen molar-refractivity contribution in [1.82, 2.24) is 20.4 Å². The molecule has 2 saturated heterocycles. The molecule has 0 spiro atoms. The summed E-state index contributed by atoms with van der Waals surface area (Å²) in [5.41, 5.74) is 1.49. The minimum atomic E-state index is -0.824. The number of hydrogen-bond acceptors (Lipinski definition) is 8. The van der Waals surface area contributed by atoms with Gasteiger partial charge in [0.1, 0.15) is 6.04 Å². The molecule has 3 aromatic rings. The van der Waals surface area contributed by atoms with Crippen molar-refractivity contribution in [2.45, 2.75) is 31.7 Å². The van der Waals surface area contributed by atoms with Gasteiger partial charge in [-0.3, -0.25) is 14.4 Å². The Balaban J connectivity index is 1.34. The Morgan fingerprint density at radius 3 is 2.54 bits per heavy atom. The van der Waals surface area contributed by atoms with Crippen molar-refractivity contribution < 1.29 is 23.5 Å². The Kier molecular flexibility index (Phi) is 7.82. The van der Waals surface area contributed by atoms with Gasteiger partial charge in [0.2, 0.25) is 23.6 Å². The van der Waals surface area contributed by atoms with E-state index in [1.54, 1.807) is 21.9 Å². The van der Waals surface area contributed by atoms with Crippen LogP contribution in [0.5, 0.6) is 0 Å². The van der Waals surface area contributed by atoms with Gasteiger partial charge in [0, 0.05) is 37.3 Å². The van der Waals surface area contributed by atoms with Crippen molar-refractivity contribution in [2.24, 2.45) is 0 Å². The van der Waals surface area contributed by atoms with Gasteiger partial charge in [-0.25, -0.2) is 0 Å². The Morgan fingerprint density at radius 1 is 1.05 bits per heavy atom. The first-order valence-electron chi connectivity index (χ1n) is 12.1. The van der Waals surface area contributed by atoms with Gasteiger partial charge >= 0.3 is 0 Å². The highest BCUT2D eigenvalue weighted by atomic mass is 35.5. The van der Waals surface area contributed by atoms with E-state index in [2.05, 4.69) is 15.5 Å². The fourth-order valence-electron chi connectivity index (χ4n) is 4.34. The third kappa shape index (κ3) is 6.00. The van der Waals surface area contributed by atoms with Gasteiger partial charge in [0.15, 0.2) is 0 Å². The SMILES string of the molecule is O=C(NC(CC(=O)N1CCOCC1)c1nnc(-c2ccc(N3CCCCC3=O)cc2)o1)c1ccc(Cl)s1. The zero-order chi connectivity index (χ0) is 25.8. The summed E-state index contributed by atoms with van der Waals surface area (Å²) in [5.74, 6) is -0.0265. The molecule has 1 aromatic carbocycles. The van der Waals surface area contributed by atoms with Gasteiger partial charge in [0.05, 0.1) is 28.8 Å².